The number of benzene rings is 2. The molecule has 2 aromatic carbocycles. The summed E-state index contributed by atoms with van der Waals surface area (Å²) in [6, 6.07) is 15.5. The lowest BCUT2D eigenvalue weighted by atomic mass is 10.0. The second-order valence-corrected chi connectivity index (χ2v) is 10.4. The molecule has 1 atom stereocenters. The molecular weight excluding hydrogens is 494 g/mol. The number of rotatable bonds is 9. The first kappa shape index (κ1) is 26.2. The number of thioether (sulfide) groups is 1. The Hall–Kier alpha value is -2.88. The van der Waals surface area contributed by atoms with Crippen molar-refractivity contribution >= 4 is 46.2 Å². The fraction of sp³-hybridized carbons (Fsp3) is 0.370. The second kappa shape index (κ2) is 12.4. The van der Waals surface area contributed by atoms with Crippen LogP contribution in [0.1, 0.15) is 36.4 Å². The fourth-order valence-electron chi connectivity index (χ4n) is 4.41. The van der Waals surface area contributed by atoms with Crippen LogP contribution in [-0.2, 0) is 9.59 Å². The normalized spacial score (nSPS) is 18.4. The monoisotopic (exact) mass is 525 g/mol. The lowest BCUT2D eigenvalue weighted by Gasteiger charge is -2.35. The van der Waals surface area contributed by atoms with Crippen LogP contribution in [-0.4, -0.2) is 66.3 Å². The number of thiocarbonyl (C=S) groups is 1. The van der Waals surface area contributed by atoms with Crippen LogP contribution in [0.25, 0.3) is 6.08 Å². The number of piperidine rings is 1. The minimum Gasteiger partial charge on any atom is -0.497 e. The zero-order valence-electron chi connectivity index (χ0n) is 20.6. The van der Waals surface area contributed by atoms with Crippen LogP contribution in [0.15, 0.2) is 53.4 Å². The summed E-state index contributed by atoms with van der Waals surface area (Å²) in [6.45, 7) is 2.36. The summed E-state index contributed by atoms with van der Waals surface area (Å²) in [5.74, 6) is 1.07. The van der Waals surface area contributed by atoms with Crippen LogP contribution >= 0.6 is 24.0 Å². The van der Waals surface area contributed by atoms with E-state index < -0.39 is 0 Å². The van der Waals surface area contributed by atoms with Gasteiger partial charge in [0.15, 0.2) is 0 Å². The van der Waals surface area contributed by atoms with E-state index in [1.165, 1.54) is 23.1 Å². The third kappa shape index (κ3) is 6.46. The summed E-state index contributed by atoms with van der Waals surface area (Å²) in [5, 5.41) is 3.04. The number of hydrogen-bond acceptors (Lipinski definition) is 7. The molecule has 2 aromatic rings. The largest absolute Gasteiger partial charge is 0.497 e. The molecule has 0 radical (unpaired) electrons. The van der Waals surface area contributed by atoms with Crippen molar-refractivity contribution in [3.05, 3.63) is 64.6 Å². The number of carbonyl (C=O) groups is 2. The molecule has 9 heteroatoms. The minimum atomic E-state index is -0.251. The Labute approximate surface area is 221 Å². The first-order chi connectivity index (χ1) is 17.5. The van der Waals surface area contributed by atoms with Crippen molar-refractivity contribution in [2.75, 3.05) is 40.4 Å². The predicted octanol–water partition coefficient (Wildman–Crippen LogP) is 4.25. The van der Waals surface area contributed by atoms with Gasteiger partial charge in [0.25, 0.3) is 5.91 Å². The molecule has 36 heavy (non-hydrogen) atoms. The molecule has 190 valence electrons. The highest BCUT2D eigenvalue weighted by atomic mass is 32.2. The number of hydrogen-bond donors (Lipinski definition) is 1. The van der Waals surface area contributed by atoms with E-state index in [1.54, 1.807) is 20.3 Å². The molecule has 0 aliphatic carbocycles. The molecular formula is C27H31N3O4S2. The van der Waals surface area contributed by atoms with Crippen LogP contribution in [0, 0.1) is 0 Å². The van der Waals surface area contributed by atoms with Gasteiger partial charge in [0.2, 0.25) is 5.91 Å². The highest BCUT2D eigenvalue weighted by Crippen LogP contribution is 2.32. The minimum absolute atomic E-state index is 0.0568. The van der Waals surface area contributed by atoms with Crippen molar-refractivity contribution in [1.82, 2.24) is 15.1 Å². The van der Waals surface area contributed by atoms with Crippen molar-refractivity contribution < 1.29 is 19.1 Å². The summed E-state index contributed by atoms with van der Waals surface area (Å²) >= 11 is 6.63. The summed E-state index contributed by atoms with van der Waals surface area (Å²) in [5.41, 5.74) is 2.00. The lowest BCUT2D eigenvalue weighted by Crippen LogP contribution is -2.44. The molecule has 4 rings (SSSR count). The molecule has 2 heterocycles. The van der Waals surface area contributed by atoms with E-state index in [4.69, 9.17) is 21.7 Å². The van der Waals surface area contributed by atoms with E-state index in [0.717, 1.165) is 48.6 Å². The van der Waals surface area contributed by atoms with Gasteiger partial charge in [-0.15, -0.1) is 0 Å². The van der Waals surface area contributed by atoms with Gasteiger partial charge in [-0.3, -0.25) is 19.4 Å². The quantitative estimate of drug-likeness (QED) is 0.388. The number of ether oxygens (including phenoxy) is 2. The Morgan fingerprint density at radius 3 is 2.25 bits per heavy atom. The molecule has 7 nitrogen and oxygen atoms in total. The van der Waals surface area contributed by atoms with Crippen molar-refractivity contribution in [2.24, 2.45) is 0 Å². The maximum Gasteiger partial charge on any atom is 0.266 e. The Balaban J connectivity index is 1.39. The van der Waals surface area contributed by atoms with E-state index in [-0.39, 0.29) is 24.4 Å². The highest BCUT2D eigenvalue weighted by molar-refractivity contribution is 8.26. The van der Waals surface area contributed by atoms with Gasteiger partial charge in [-0.05, 0) is 67.4 Å². The van der Waals surface area contributed by atoms with Crippen molar-refractivity contribution in [3.63, 3.8) is 0 Å². The fourth-order valence-corrected chi connectivity index (χ4v) is 5.67. The zero-order valence-corrected chi connectivity index (χ0v) is 22.2. The zero-order chi connectivity index (χ0) is 25.5. The molecule has 0 spiro atoms. The van der Waals surface area contributed by atoms with E-state index >= 15 is 0 Å². The highest BCUT2D eigenvalue weighted by Gasteiger charge is 2.33. The maximum atomic E-state index is 13.0. The lowest BCUT2D eigenvalue weighted by molar-refractivity contribution is -0.128. The average Bonchev–Trinajstić information content (AvgIpc) is 3.17. The van der Waals surface area contributed by atoms with E-state index in [0.29, 0.717) is 15.8 Å². The van der Waals surface area contributed by atoms with Crippen molar-refractivity contribution in [3.8, 4) is 11.5 Å². The van der Waals surface area contributed by atoms with Crippen LogP contribution in [0.2, 0.25) is 0 Å². The maximum absolute atomic E-state index is 13.0. The molecule has 0 saturated carbocycles. The third-order valence-electron chi connectivity index (χ3n) is 6.41. The molecule has 1 unspecified atom stereocenters. The molecule has 2 saturated heterocycles. The standard InChI is InChI=1S/C27H31N3O4S2/c1-33-21-10-6-19(7-11-21)16-24-26(32)30(27(35)36-24)18-25(31)28-17-23(29-14-4-3-5-15-29)20-8-12-22(34-2)13-9-20/h6-13,16,23H,3-5,14-15,17-18H2,1-2H3,(H,28,31)/b24-16-. The van der Waals surface area contributed by atoms with E-state index in [1.807, 2.05) is 36.4 Å². The van der Waals surface area contributed by atoms with Crippen LogP contribution in [0.4, 0.5) is 0 Å². The summed E-state index contributed by atoms with van der Waals surface area (Å²) in [4.78, 5) is 30.2. The van der Waals surface area contributed by atoms with Gasteiger partial charge >= 0.3 is 0 Å². The van der Waals surface area contributed by atoms with Crippen LogP contribution in [0.3, 0.4) is 0 Å². The Morgan fingerprint density at radius 1 is 1.03 bits per heavy atom. The topological polar surface area (TPSA) is 71.1 Å². The number of carbonyl (C=O) groups excluding carboxylic acids is 2. The summed E-state index contributed by atoms with van der Waals surface area (Å²) in [6.07, 6.45) is 5.32. The SMILES string of the molecule is COc1ccc(/C=C2\SC(=S)N(CC(=O)NCC(c3ccc(OC)cc3)N3CCCCC3)C2=O)cc1. The molecule has 0 aromatic heterocycles. The van der Waals surface area contributed by atoms with E-state index in [2.05, 4.69) is 22.3 Å². The first-order valence-electron chi connectivity index (χ1n) is 12.0. The molecule has 2 aliphatic rings. The Bertz CT molecular complexity index is 1110. The van der Waals surface area contributed by atoms with Crippen molar-refractivity contribution in [2.45, 2.75) is 25.3 Å². The average molecular weight is 526 g/mol. The summed E-state index contributed by atoms with van der Waals surface area (Å²) < 4.78 is 10.9. The number of nitrogens with zero attached hydrogens (tertiary/aromatic N) is 2. The molecule has 1 N–H and O–H groups in total. The predicted molar refractivity (Wildman–Crippen MR) is 147 cm³/mol. The van der Waals surface area contributed by atoms with Gasteiger partial charge in [0, 0.05) is 6.54 Å². The second-order valence-electron chi connectivity index (χ2n) is 8.73. The smallest absolute Gasteiger partial charge is 0.266 e. The molecule has 2 aliphatic heterocycles. The van der Waals surface area contributed by atoms with E-state index in [9.17, 15) is 9.59 Å². The van der Waals surface area contributed by atoms with Gasteiger partial charge in [0.05, 0.1) is 25.2 Å². The number of likely N-dealkylation sites (tertiary alicyclic amines) is 1. The van der Waals surface area contributed by atoms with Gasteiger partial charge in [-0.25, -0.2) is 0 Å². The Kier molecular flexibility index (Phi) is 9.01. The van der Waals surface area contributed by atoms with Gasteiger partial charge < -0.3 is 14.8 Å². The third-order valence-corrected chi connectivity index (χ3v) is 7.79. The van der Waals surface area contributed by atoms with Gasteiger partial charge in [0.1, 0.15) is 22.4 Å². The van der Waals surface area contributed by atoms with Gasteiger partial charge in [-0.2, -0.15) is 0 Å². The van der Waals surface area contributed by atoms with Crippen LogP contribution < -0.4 is 14.8 Å². The van der Waals surface area contributed by atoms with Crippen molar-refractivity contribution in [1.29, 1.82) is 0 Å². The molecule has 0 bridgehead atoms. The number of methoxy groups -OCH3 is 2. The first-order valence-corrected chi connectivity index (χ1v) is 13.2. The number of amides is 2. The van der Waals surface area contributed by atoms with Gasteiger partial charge in [-0.1, -0.05) is 54.7 Å². The summed E-state index contributed by atoms with van der Waals surface area (Å²) in [7, 11) is 3.26. The number of nitrogens with one attached hydrogen (secondary N) is 1. The Morgan fingerprint density at radius 2 is 1.64 bits per heavy atom. The molecule has 2 fully saturated rings. The molecule has 2 amide bonds. The van der Waals surface area contributed by atoms with Crippen LogP contribution in [0.5, 0.6) is 11.5 Å².